The molecule has 1 aliphatic rings. The molecule has 0 unspecified atom stereocenters. The van der Waals surface area contributed by atoms with Gasteiger partial charge in [-0.3, -0.25) is 4.79 Å². The molecule has 3 N–H and O–H groups in total. The molecule has 3 rings (SSSR count). The highest BCUT2D eigenvalue weighted by Crippen LogP contribution is 2.28. The van der Waals surface area contributed by atoms with Gasteiger partial charge in [0.05, 0.1) is 6.54 Å². The molecule has 30 heavy (non-hydrogen) atoms. The lowest BCUT2D eigenvalue weighted by molar-refractivity contribution is -0.122. The third kappa shape index (κ3) is 8.56. The van der Waals surface area contributed by atoms with Crippen molar-refractivity contribution in [3.8, 4) is 5.88 Å². The highest BCUT2D eigenvalue weighted by Gasteiger charge is 2.28. The van der Waals surface area contributed by atoms with E-state index in [2.05, 4.69) is 25.9 Å². The van der Waals surface area contributed by atoms with Gasteiger partial charge in [-0.2, -0.15) is 0 Å². The van der Waals surface area contributed by atoms with Crippen LogP contribution in [0.4, 0.5) is 0 Å². The van der Waals surface area contributed by atoms with E-state index in [1.165, 1.54) is 0 Å². The first-order valence-electron chi connectivity index (χ1n) is 10.2. The maximum Gasteiger partial charge on any atom is 0.223 e. The van der Waals surface area contributed by atoms with Crippen molar-refractivity contribution in [3.63, 3.8) is 0 Å². The quantitative estimate of drug-likeness (QED) is 0.193. The molecule has 7 nitrogen and oxygen atoms in total. The first kappa shape index (κ1) is 23.9. The second kappa shape index (κ2) is 13.0. The molecule has 162 valence electrons. The number of rotatable bonds is 10. The van der Waals surface area contributed by atoms with Crippen LogP contribution >= 0.6 is 24.0 Å². The molecule has 1 aromatic carbocycles. The van der Waals surface area contributed by atoms with Crippen molar-refractivity contribution in [2.75, 3.05) is 19.6 Å². The summed E-state index contributed by atoms with van der Waals surface area (Å²) in [4.78, 5) is 20.5. The second-order valence-corrected chi connectivity index (χ2v) is 6.96. The van der Waals surface area contributed by atoms with Crippen molar-refractivity contribution in [3.05, 3.63) is 59.8 Å². The molecule has 0 bridgehead atoms. The summed E-state index contributed by atoms with van der Waals surface area (Å²) in [6.45, 7) is 5.00. The first-order chi connectivity index (χ1) is 14.2. The monoisotopic (exact) mass is 523 g/mol. The number of aromatic nitrogens is 1. The van der Waals surface area contributed by atoms with E-state index in [9.17, 15) is 4.79 Å². The number of carbonyl (C=O) groups is 1. The predicted molar refractivity (Wildman–Crippen MR) is 129 cm³/mol. The summed E-state index contributed by atoms with van der Waals surface area (Å²) in [6.07, 6.45) is 3.78. The summed E-state index contributed by atoms with van der Waals surface area (Å²) in [5.41, 5.74) is 2.12. The van der Waals surface area contributed by atoms with E-state index in [-0.39, 0.29) is 35.8 Å². The van der Waals surface area contributed by atoms with Crippen molar-refractivity contribution in [2.45, 2.75) is 32.9 Å². The molecule has 1 amide bonds. The molecule has 1 heterocycles. The summed E-state index contributed by atoms with van der Waals surface area (Å²) in [5, 5.41) is 9.40. The Morgan fingerprint density at radius 3 is 2.60 bits per heavy atom. The number of hydrogen-bond donors (Lipinski definition) is 3. The van der Waals surface area contributed by atoms with Gasteiger partial charge in [-0.05, 0) is 37.0 Å². The summed E-state index contributed by atoms with van der Waals surface area (Å²) < 4.78 is 5.78. The van der Waals surface area contributed by atoms with E-state index in [1.54, 1.807) is 6.20 Å². The Morgan fingerprint density at radius 1 is 1.10 bits per heavy atom. The van der Waals surface area contributed by atoms with Gasteiger partial charge in [0.1, 0.15) is 6.61 Å². The van der Waals surface area contributed by atoms with Crippen LogP contribution in [0, 0.1) is 5.92 Å². The Bertz CT molecular complexity index is 812. The lowest BCUT2D eigenvalue weighted by Gasteiger charge is -2.12. The number of benzene rings is 1. The predicted octanol–water partition coefficient (Wildman–Crippen LogP) is 2.86. The number of hydrogen-bond acceptors (Lipinski definition) is 4. The molecule has 0 atom stereocenters. The van der Waals surface area contributed by atoms with Crippen LogP contribution < -0.4 is 20.7 Å². The first-order valence-corrected chi connectivity index (χ1v) is 10.2. The summed E-state index contributed by atoms with van der Waals surface area (Å²) in [6, 6.07) is 13.8. The second-order valence-electron chi connectivity index (χ2n) is 6.96. The highest BCUT2D eigenvalue weighted by atomic mass is 127. The van der Waals surface area contributed by atoms with Gasteiger partial charge < -0.3 is 20.7 Å². The fourth-order valence-corrected chi connectivity index (χ4v) is 2.73. The number of ether oxygens (including phenoxy) is 1. The third-order valence-corrected chi connectivity index (χ3v) is 4.46. The zero-order valence-electron chi connectivity index (χ0n) is 17.3. The Kier molecular flexibility index (Phi) is 10.4. The minimum atomic E-state index is 0. The van der Waals surface area contributed by atoms with E-state index in [4.69, 9.17) is 4.74 Å². The van der Waals surface area contributed by atoms with Crippen LogP contribution in [0.15, 0.2) is 53.7 Å². The standard InChI is InChI=1S/C22H29N5O2.HI/c1-2-23-22(26-13-12-25-21(28)19-8-9-19)27-15-18-10-11-24-20(14-18)29-16-17-6-4-3-5-7-17;/h3-7,10-11,14,19H,2,8-9,12-13,15-16H2,1H3,(H,25,28)(H2,23,26,27);1H. The smallest absolute Gasteiger partial charge is 0.223 e. The van der Waals surface area contributed by atoms with Crippen molar-refractivity contribution in [1.29, 1.82) is 0 Å². The molecule has 2 aromatic rings. The minimum absolute atomic E-state index is 0. The van der Waals surface area contributed by atoms with Crippen LogP contribution in [-0.4, -0.2) is 36.5 Å². The van der Waals surface area contributed by atoms with Crippen molar-refractivity contribution < 1.29 is 9.53 Å². The third-order valence-electron chi connectivity index (χ3n) is 4.46. The van der Waals surface area contributed by atoms with Crippen LogP contribution in [-0.2, 0) is 17.9 Å². The number of halogens is 1. The maximum atomic E-state index is 11.7. The number of nitrogens with one attached hydrogen (secondary N) is 3. The Balaban J connectivity index is 0.00000320. The SMILES string of the molecule is CCNC(=NCc1ccnc(OCc2ccccc2)c1)NCCNC(=O)C1CC1.I. The van der Waals surface area contributed by atoms with Crippen LogP contribution in [0.3, 0.4) is 0 Å². The summed E-state index contributed by atoms with van der Waals surface area (Å²) in [5.74, 6) is 1.70. The maximum absolute atomic E-state index is 11.7. The van der Waals surface area contributed by atoms with Gasteiger partial charge in [0.15, 0.2) is 5.96 Å². The number of carbonyl (C=O) groups excluding carboxylic acids is 1. The van der Waals surface area contributed by atoms with Crippen LogP contribution in [0.2, 0.25) is 0 Å². The normalized spacial score (nSPS) is 13.2. The Morgan fingerprint density at radius 2 is 1.87 bits per heavy atom. The topological polar surface area (TPSA) is 87.6 Å². The molecule has 1 saturated carbocycles. The van der Waals surface area contributed by atoms with Gasteiger partial charge >= 0.3 is 0 Å². The number of guanidine groups is 1. The van der Waals surface area contributed by atoms with Crippen LogP contribution in [0.5, 0.6) is 5.88 Å². The van der Waals surface area contributed by atoms with Crippen molar-refractivity contribution >= 4 is 35.8 Å². The number of pyridine rings is 1. The number of amides is 1. The molecule has 1 fully saturated rings. The molecule has 0 spiro atoms. The Hall–Kier alpha value is -2.36. The zero-order valence-corrected chi connectivity index (χ0v) is 19.6. The Labute approximate surface area is 195 Å². The van der Waals surface area contributed by atoms with E-state index in [0.29, 0.717) is 32.1 Å². The van der Waals surface area contributed by atoms with E-state index in [0.717, 1.165) is 36.5 Å². The number of aliphatic imine (C=N–C) groups is 1. The minimum Gasteiger partial charge on any atom is -0.473 e. The zero-order chi connectivity index (χ0) is 20.3. The molecule has 0 radical (unpaired) electrons. The molecular formula is C22H30IN5O2. The molecular weight excluding hydrogens is 493 g/mol. The fourth-order valence-electron chi connectivity index (χ4n) is 2.73. The average Bonchev–Trinajstić information content (AvgIpc) is 3.60. The van der Waals surface area contributed by atoms with Gasteiger partial charge in [0.25, 0.3) is 0 Å². The van der Waals surface area contributed by atoms with Gasteiger partial charge in [-0.15, -0.1) is 24.0 Å². The van der Waals surface area contributed by atoms with Crippen LogP contribution in [0.25, 0.3) is 0 Å². The lowest BCUT2D eigenvalue weighted by Crippen LogP contribution is -2.41. The van der Waals surface area contributed by atoms with Gasteiger partial charge in [-0.1, -0.05) is 30.3 Å². The van der Waals surface area contributed by atoms with E-state index >= 15 is 0 Å². The van der Waals surface area contributed by atoms with E-state index in [1.807, 2.05) is 49.4 Å². The highest BCUT2D eigenvalue weighted by molar-refractivity contribution is 14.0. The number of nitrogens with zero attached hydrogens (tertiary/aromatic N) is 2. The molecule has 0 saturated heterocycles. The fraction of sp³-hybridized carbons (Fsp3) is 0.409. The molecule has 1 aromatic heterocycles. The molecule has 0 aliphatic heterocycles. The lowest BCUT2D eigenvalue weighted by atomic mass is 10.2. The van der Waals surface area contributed by atoms with Gasteiger partial charge in [-0.25, -0.2) is 9.98 Å². The van der Waals surface area contributed by atoms with Crippen molar-refractivity contribution in [2.24, 2.45) is 10.9 Å². The average molecular weight is 523 g/mol. The molecule has 8 heteroatoms. The van der Waals surface area contributed by atoms with Gasteiger partial charge in [0, 0.05) is 37.8 Å². The summed E-state index contributed by atoms with van der Waals surface area (Å²) in [7, 11) is 0. The molecule has 1 aliphatic carbocycles. The summed E-state index contributed by atoms with van der Waals surface area (Å²) >= 11 is 0. The van der Waals surface area contributed by atoms with Crippen LogP contribution in [0.1, 0.15) is 30.9 Å². The van der Waals surface area contributed by atoms with E-state index < -0.39 is 0 Å². The van der Waals surface area contributed by atoms with Crippen molar-refractivity contribution in [1.82, 2.24) is 20.9 Å². The largest absolute Gasteiger partial charge is 0.473 e. The van der Waals surface area contributed by atoms with Gasteiger partial charge in [0.2, 0.25) is 11.8 Å².